The minimum Gasteiger partial charge on any atom is -0.456 e. The Kier molecular flexibility index (Phi) is 3.95. The molecule has 1 aromatic heterocycles. The molecule has 0 spiro atoms. The van der Waals surface area contributed by atoms with E-state index in [4.69, 9.17) is 4.42 Å². The van der Waals surface area contributed by atoms with Gasteiger partial charge in [-0.1, -0.05) is 30.3 Å². The van der Waals surface area contributed by atoms with Gasteiger partial charge in [0.1, 0.15) is 16.9 Å². The van der Waals surface area contributed by atoms with Gasteiger partial charge in [0.05, 0.1) is 0 Å². The number of furan rings is 1. The molecule has 0 aliphatic carbocycles. The normalized spacial score (nSPS) is 11.8. The van der Waals surface area contributed by atoms with Crippen LogP contribution < -0.4 is 10.1 Å². The number of halogens is 3. The fourth-order valence-electron chi connectivity index (χ4n) is 2.85. The van der Waals surface area contributed by atoms with E-state index in [2.05, 4.69) is 10.1 Å². The number of para-hydroxylation sites is 1. The van der Waals surface area contributed by atoms with E-state index in [1.54, 1.807) is 12.1 Å². The SMILES string of the molecule is FC(F)(F)Oc1ccc(CNc2ccc3oc4ccccc4c3c2)cc1. The van der Waals surface area contributed by atoms with E-state index in [0.717, 1.165) is 33.2 Å². The van der Waals surface area contributed by atoms with Gasteiger partial charge in [-0.25, -0.2) is 0 Å². The number of ether oxygens (including phenoxy) is 1. The molecule has 3 nitrogen and oxygen atoms in total. The molecule has 0 aliphatic heterocycles. The standard InChI is InChI=1S/C20H14F3NO2/c21-20(22,23)26-15-8-5-13(6-9-15)12-24-14-7-10-19-17(11-14)16-3-1-2-4-18(16)25-19/h1-11,24H,12H2. The molecular weight excluding hydrogens is 343 g/mol. The van der Waals surface area contributed by atoms with Gasteiger partial charge in [0.25, 0.3) is 0 Å². The van der Waals surface area contributed by atoms with E-state index in [9.17, 15) is 13.2 Å². The Morgan fingerprint density at radius 3 is 2.35 bits per heavy atom. The monoisotopic (exact) mass is 357 g/mol. The van der Waals surface area contributed by atoms with Crippen LogP contribution in [0, 0.1) is 0 Å². The molecule has 0 saturated carbocycles. The molecular formula is C20H14F3NO2. The van der Waals surface area contributed by atoms with E-state index in [0.29, 0.717) is 6.54 Å². The van der Waals surface area contributed by atoms with Crippen molar-refractivity contribution in [3.05, 3.63) is 72.3 Å². The van der Waals surface area contributed by atoms with Crippen LogP contribution >= 0.6 is 0 Å². The zero-order chi connectivity index (χ0) is 18.1. The van der Waals surface area contributed by atoms with Crippen molar-refractivity contribution in [3.63, 3.8) is 0 Å². The van der Waals surface area contributed by atoms with Crippen LogP contribution in [0.15, 0.2) is 71.1 Å². The number of rotatable bonds is 4. The van der Waals surface area contributed by atoms with Gasteiger partial charge in [0.15, 0.2) is 0 Å². The number of alkyl halides is 3. The summed E-state index contributed by atoms with van der Waals surface area (Å²) in [7, 11) is 0. The van der Waals surface area contributed by atoms with Gasteiger partial charge >= 0.3 is 6.36 Å². The summed E-state index contributed by atoms with van der Waals surface area (Å²) >= 11 is 0. The highest BCUT2D eigenvalue weighted by Gasteiger charge is 2.30. The maximum absolute atomic E-state index is 12.2. The molecule has 0 fully saturated rings. The summed E-state index contributed by atoms with van der Waals surface area (Å²) in [6.07, 6.45) is -4.68. The van der Waals surface area contributed by atoms with E-state index in [1.807, 2.05) is 42.5 Å². The van der Waals surface area contributed by atoms with E-state index in [-0.39, 0.29) is 5.75 Å². The maximum atomic E-state index is 12.2. The summed E-state index contributed by atoms with van der Waals surface area (Å²) in [5.74, 6) is -0.229. The van der Waals surface area contributed by atoms with Gasteiger partial charge in [-0.2, -0.15) is 0 Å². The summed E-state index contributed by atoms with van der Waals surface area (Å²) in [5.41, 5.74) is 3.39. The third-order valence-electron chi connectivity index (χ3n) is 4.03. The van der Waals surface area contributed by atoms with Gasteiger partial charge < -0.3 is 14.5 Å². The Hall–Kier alpha value is -3.15. The molecule has 0 unspecified atom stereocenters. The average molecular weight is 357 g/mol. The molecule has 132 valence electrons. The van der Waals surface area contributed by atoms with Crippen LogP contribution in [-0.2, 0) is 6.54 Å². The number of nitrogens with one attached hydrogen (secondary N) is 1. The number of hydrogen-bond acceptors (Lipinski definition) is 3. The minimum atomic E-state index is -4.68. The van der Waals surface area contributed by atoms with Gasteiger partial charge in [-0.15, -0.1) is 13.2 Å². The molecule has 1 heterocycles. The lowest BCUT2D eigenvalue weighted by Crippen LogP contribution is -2.17. The molecule has 6 heteroatoms. The lowest BCUT2D eigenvalue weighted by Gasteiger charge is -2.10. The summed E-state index contributed by atoms with van der Waals surface area (Å²) < 4.78 is 46.2. The van der Waals surface area contributed by atoms with Gasteiger partial charge in [-0.05, 0) is 42.0 Å². The second-order valence-electron chi connectivity index (χ2n) is 5.85. The third kappa shape index (κ3) is 3.44. The second kappa shape index (κ2) is 6.29. The quantitative estimate of drug-likeness (QED) is 0.479. The number of anilines is 1. The van der Waals surface area contributed by atoms with Crippen LogP contribution in [0.4, 0.5) is 18.9 Å². The zero-order valence-corrected chi connectivity index (χ0v) is 13.5. The van der Waals surface area contributed by atoms with Crippen molar-refractivity contribution in [2.45, 2.75) is 12.9 Å². The Balaban J connectivity index is 1.50. The van der Waals surface area contributed by atoms with Gasteiger partial charge in [-0.3, -0.25) is 0 Å². The molecule has 0 radical (unpaired) electrons. The lowest BCUT2D eigenvalue weighted by molar-refractivity contribution is -0.274. The average Bonchev–Trinajstić information content (AvgIpc) is 2.98. The molecule has 0 bridgehead atoms. The fourth-order valence-corrected chi connectivity index (χ4v) is 2.85. The van der Waals surface area contributed by atoms with Crippen LogP contribution in [-0.4, -0.2) is 6.36 Å². The predicted octanol–water partition coefficient (Wildman–Crippen LogP) is 6.10. The maximum Gasteiger partial charge on any atom is 0.573 e. The molecule has 26 heavy (non-hydrogen) atoms. The molecule has 4 aromatic rings. The number of benzene rings is 3. The predicted molar refractivity (Wildman–Crippen MR) is 94.2 cm³/mol. The van der Waals surface area contributed by atoms with E-state index in [1.165, 1.54) is 12.1 Å². The van der Waals surface area contributed by atoms with Crippen LogP contribution in [0.1, 0.15) is 5.56 Å². The Bertz CT molecular complexity index is 1050. The Morgan fingerprint density at radius 2 is 1.58 bits per heavy atom. The molecule has 3 aromatic carbocycles. The largest absolute Gasteiger partial charge is 0.573 e. The molecule has 0 atom stereocenters. The first-order valence-electron chi connectivity index (χ1n) is 7.98. The van der Waals surface area contributed by atoms with Crippen molar-refractivity contribution in [1.29, 1.82) is 0 Å². The van der Waals surface area contributed by atoms with Crippen molar-refractivity contribution in [2.24, 2.45) is 0 Å². The van der Waals surface area contributed by atoms with E-state index < -0.39 is 6.36 Å². The number of fused-ring (bicyclic) bond motifs is 3. The first kappa shape index (κ1) is 16.3. The first-order chi connectivity index (χ1) is 12.5. The van der Waals surface area contributed by atoms with Crippen LogP contribution in [0.25, 0.3) is 21.9 Å². The number of hydrogen-bond donors (Lipinski definition) is 1. The Labute approximate surface area is 147 Å². The fraction of sp³-hybridized carbons (Fsp3) is 0.100. The van der Waals surface area contributed by atoms with Crippen LogP contribution in [0.2, 0.25) is 0 Å². The second-order valence-corrected chi connectivity index (χ2v) is 5.85. The van der Waals surface area contributed by atoms with Gasteiger partial charge in [0, 0.05) is 23.0 Å². The highest BCUT2D eigenvalue weighted by Crippen LogP contribution is 2.30. The highest BCUT2D eigenvalue weighted by molar-refractivity contribution is 6.05. The topological polar surface area (TPSA) is 34.4 Å². The van der Waals surface area contributed by atoms with Crippen molar-refractivity contribution < 1.29 is 22.3 Å². The lowest BCUT2D eigenvalue weighted by atomic mass is 10.1. The molecule has 4 rings (SSSR count). The third-order valence-corrected chi connectivity index (χ3v) is 4.03. The summed E-state index contributed by atoms with van der Waals surface area (Å²) in [6.45, 7) is 0.480. The Morgan fingerprint density at radius 1 is 0.846 bits per heavy atom. The van der Waals surface area contributed by atoms with Gasteiger partial charge in [0.2, 0.25) is 0 Å². The molecule has 1 N–H and O–H groups in total. The summed E-state index contributed by atoms with van der Waals surface area (Å²) in [4.78, 5) is 0. The molecule has 0 saturated heterocycles. The smallest absolute Gasteiger partial charge is 0.456 e. The minimum absolute atomic E-state index is 0.229. The van der Waals surface area contributed by atoms with Crippen LogP contribution in [0.3, 0.4) is 0 Å². The van der Waals surface area contributed by atoms with Crippen molar-refractivity contribution in [2.75, 3.05) is 5.32 Å². The first-order valence-corrected chi connectivity index (χ1v) is 7.98. The van der Waals surface area contributed by atoms with Crippen molar-refractivity contribution in [1.82, 2.24) is 0 Å². The molecule has 0 amide bonds. The summed E-state index contributed by atoms with van der Waals surface area (Å²) in [5, 5.41) is 5.33. The van der Waals surface area contributed by atoms with Crippen molar-refractivity contribution in [3.8, 4) is 5.75 Å². The highest BCUT2D eigenvalue weighted by atomic mass is 19.4. The zero-order valence-electron chi connectivity index (χ0n) is 13.5. The van der Waals surface area contributed by atoms with E-state index >= 15 is 0 Å². The summed E-state index contributed by atoms with van der Waals surface area (Å²) in [6, 6.07) is 19.4. The van der Waals surface area contributed by atoms with Crippen molar-refractivity contribution >= 4 is 27.6 Å². The van der Waals surface area contributed by atoms with Crippen LogP contribution in [0.5, 0.6) is 5.75 Å². The molecule has 0 aliphatic rings.